The molecule has 3 nitrogen and oxygen atoms in total. The Balaban J connectivity index is 0.00000288. The van der Waals surface area contributed by atoms with Crippen molar-refractivity contribution in [1.29, 1.82) is 0 Å². The number of hydrogen-bond acceptors (Lipinski definition) is 3. The third-order valence-electron chi connectivity index (χ3n) is 3.44. The van der Waals surface area contributed by atoms with Gasteiger partial charge in [-0.3, -0.25) is 4.79 Å². The molecule has 5 heteroatoms. The van der Waals surface area contributed by atoms with Crippen molar-refractivity contribution in [1.82, 2.24) is 5.32 Å². The van der Waals surface area contributed by atoms with Crippen molar-refractivity contribution in [2.75, 3.05) is 17.6 Å². The van der Waals surface area contributed by atoms with Gasteiger partial charge >= 0.3 is 0 Å². The van der Waals surface area contributed by atoms with Crippen molar-refractivity contribution in [3.8, 4) is 0 Å². The third kappa shape index (κ3) is 6.95. The summed E-state index contributed by atoms with van der Waals surface area (Å²) in [7, 11) is 0. The molecule has 0 aliphatic carbocycles. The number of aryl methyl sites for hydroxylation is 1. The van der Waals surface area contributed by atoms with E-state index in [0.29, 0.717) is 5.75 Å². The first-order valence-corrected chi connectivity index (χ1v) is 9.06. The highest BCUT2D eigenvalue weighted by Crippen LogP contribution is 2.17. The molecule has 0 aliphatic heterocycles. The molecule has 0 aliphatic rings. The highest BCUT2D eigenvalue weighted by Gasteiger charge is 2.06. The number of benzene rings is 2. The highest BCUT2D eigenvalue weighted by molar-refractivity contribution is 7.99. The first kappa shape index (κ1) is 20.6. The van der Waals surface area contributed by atoms with Gasteiger partial charge in [-0.05, 0) is 30.7 Å². The molecule has 1 amide bonds. The van der Waals surface area contributed by atoms with E-state index in [0.717, 1.165) is 30.1 Å². The van der Waals surface area contributed by atoms with Crippen molar-refractivity contribution in [2.24, 2.45) is 0 Å². The van der Waals surface area contributed by atoms with E-state index in [1.807, 2.05) is 24.3 Å². The second-order valence-corrected chi connectivity index (χ2v) is 6.45. The fourth-order valence-corrected chi connectivity index (χ4v) is 3.08. The predicted molar refractivity (Wildman–Crippen MR) is 107 cm³/mol. The standard InChI is InChI=1S/C19H24N2OS.ClH/c1-3-20-12-17-9-4-5-10-18(17)21-19(22)14-23-13-16-8-6-7-15(2)11-16;/h4-11,20H,3,12-14H2,1-2H3,(H,21,22);1H. The Morgan fingerprint density at radius 2 is 1.92 bits per heavy atom. The van der Waals surface area contributed by atoms with Crippen LogP contribution in [0, 0.1) is 6.92 Å². The molecular formula is C19H25ClN2OS. The SMILES string of the molecule is CCNCc1ccccc1NC(=O)CSCc1cccc(C)c1.Cl. The van der Waals surface area contributed by atoms with Gasteiger partial charge in [0.1, 0.15) is 0 Å². The largest absolute Gasteiger partial charge is 0.325 e. The average molecular weight is 365 g/mol. The summed E-state index contributed by atoms with van der Waals surface area (Å²) < 4.78 is 0. The molecule has 0 aromatic heterocycles. The summed E-state index contributed by atoms with van der Waals surface area (Å²) in [5.41, 5.74) is 4.53. The smallest absolute Gasteiger partial charge is 0.234 e. The lowest BCUT2D eigenvalue weighted by Crippen LogP contribution is -2.18. The number of anilines is 1. The van der Waals surface area contributed by atoms with E-state index in [1.54, 1.807) is 11.8 Å². The molecule has 2 rings (SSSR count). The summed E-state index contributed by atoms with van der Waals surface area (Å²) in [6, 6.07) is 16.3. The van der Waals surface area contributed by atoms with Crippen LogP contribution in [0.3, 0.4) is 0 Å². The van der Waals surface area contributed by atoms with Crippen LogP contribution in [0.25, 0.3) is 0 Å². The molecule has 0 bridgehead atoms. The minimum absolute atomic E-state index is 0. The maximum absolute atomic E-state index is 12.1. The number of para-hydroxylation sites is 1. The van der Waals surface area contributed by atoms with Gasteiger partial charge in [0.05, 0.1) is 5.75 Å². The molecule has 24 heavy (non-hydrogen) atoms. The Labute approximate surface area is 155 Å². The van der Waals surface area contributed by atoms with Gasteiger partial charge in [0.25, 0.3) is 0 Å². The van der Waals surface area contributed by atoms with E-state index in [2.05, 4.69) is 48.7 Å². The molecular weight excluding hydrogens is 340 g/mol. The number of hydrogen-bond donors (Lipinski definition) is 2. The molecule has 0 spiro atoms. The Kier molecular flexibility index (Phi) is 9.53. The lowest BCUT2D eigenvalue weighted by Gasteiger charge is -2.11. The number of halogens is 1. The van der Waals surface area contributed by atoms with E-state index < -0.39 is 0 Å². The van der Waals surface area contributed by atoms with Gasteiger partial charge in [-0.25, -0.2) is 0 Å². The molecule has 0 saturated heterocycles. The third-order valence-corrected chi connectivity index (χ3v) is 4.45. The summed E-state index contributed by atoms with van der Waals surface area (Å²) in [5, 5.41) is 6.31. The summed E-state index contributed by atoms with van der Waals surface area (Å²) >= 11 is 1.64. The molecule has 0 fully saturated rings. The number of carbonyl (C=O) groups is 1. The summed E-state index contributed by atoms with van der Waals surface area (Å²) in [5.74, 6) is 1.36. The van der Waals surface area contributed by atoms with Gasteiger partial charge in [-0.15, -0.1) is 24.2 Å². The Morgan fingerprint density at radius 1 is 1.12 bits per heavy atom. The van der Waals surface area contributed by atoms with Crippen LogP contribution >= 0.6 is 24.2 Å². The van der Waals surface area contributed by atoms with Crippen molar-refractivity contribution >= 4 is 35.8 Å². The molecule has 2 aromatic carbocycles. The molecule has 2 aromatic rings. The minimum atomic E-state index is 0. The monoisotopic (exact) mass is 364 g/mol. The number of rotatable bonds is 8. The van der Waals surface area contributed by atoms with E-state index in [4.69, 9.17) is 0 Å². The van der Waals surface area contributed by atoms with Crippen LogP contribution in [0.15, 0.2) is 48.5 Å². The second kappa shape index (κ2) is 11.1. The maximum Gasteiger partial charge on any atom is 0.234 e. The van der Waals surface area contributed by atoms with Crippen LogP contribution in [-0.2, 0) is 17.1 Å². The average Bonchev–Trinajstić information content (AvgIpc) is 2.54. The van der Waals surface area contributed by atoms with Gasteiger partial charge in [0, 0.05) is 18.0 Å². The van der Waals surface area contributed by atoms with Crippen LogP contribution in [0.4, 0.5) is 5.69 Å². The van der Waals surface area contributed by atoms with E-state index in [-0.39, 0.29) is 18.3 Å². The summed E-state index contributed by atoms with van der Waals surface area (Å²) in [4.78, 5) is 12.1. The second-order valence-electron chi connectivity index (χ2n) is 5.47. The van der Waals surface area contributed by atoms with Gasteiger partial charge in [-0.1, -0.05) is 55.0 Å². The van der Waals surface area contributed by atoms with Gasteiger partial charge in [0.2, 0.25) is 5.91 Å². The fraction of sp³-hybridized carbons (Fsp3) is 0.316. The molecule has 0 unspecified atom stereocenters. The van der Waals surface area contributed by atoms with Crippen LogP contribution in [0.1, 0.15) is 23.6 Å². The zero-order chi connectivity index (χ0) is 16.5. The maximum atomic E-state index is 12.1. The molecule has 0 saturated carbocycles. The highest BCUT2D eigenvalue weighted by atomic mass is 35.5. The van der Waals surface area contributed by atoms with E-state index >= 15 is 0 Å². The van der Waals surface area contributed by atoms with Gasteiger partial charge < -0.3 is 10.6 Å². The van der Waals surface area contributed by atoms with Crippen molar-refractivity contribution in [3.63, 3.8) is 0 Å². The summed E-state index contributed by atoms with van der Waals surface area (Å²) in [6.45, 7) is 5.84. The molecule has 130 valence electrons. The Morgan fingerprint density at radius 3 is 2.67 bits per heavy atom. The molecule has 0 atom stereocenters. The van der Waals surface area contributed by atoms with Crippen LogP contribution in [0.5, 0.6) is 0 Å². The summed E-state index contributed by atoms with van der Waals surface area (Å²) in [6.07, 6.45) is 0. The Hall–Kier alpha value is -1.49. The van der Waals surface area contributed by atoms with E-state index in [9.17, 15) is 4.79 Å². The lowest BCUT2D eigenvalue weighted by atomic mass is 10.1. The van der Waals surface area contributed by atoms with Crippen LogP contribution < -0.4 is 10.6 Å². The normalized spacial score (nSPS) is 10.1. The number of carbonyl (C=O) groups excluding carboxylic acids is 1. The van der Waals surface area contributed by atoms with Gasteiger partial charge in [-0.2, -0.15) is 0 Å². The van der Waals surface area contributed by atoms with Crippen molar-refractivity contribution in [3.05, 3.63) is 65.2 Å². The fourth-order valence-electron chi connectivity index (χ4n) is 2.31. The minimum Gasteiger partial charge on any atom is -0.325 e. The Bertz CT molecular complexity index is 649. The van der Waals surface area contributed by atoms with Crippen LogP contribution in [-0.4, -0.2) is 18.2 Å². The predicted octanol–water partition coefficient (Wildman–Crippen LogP) is 4.40. The van der Waals surface area contributed by atoms with Gasteiger partial charge in [0.15, 0.2) is 0 Å². The molecule has 2 N–H and O–H groups in total. The molecule has 0 radical (unpaired) electrons. The molecule has 0 heterocycles. The quantitative estimate of drug-likeness (QED) is 0.729. The van der Waals surface area contributed by atoms with Crippen LogP contribution in [0.2, 0.25) is 0 Å². The topological polar surface area (TPSA) is 41.1 Å². The van der Waals surface area contributed by atoms with E-state index in [1.165, 1.54) is 11.1 Å². The van der Waals surface area contributed by atoms with Crippen molar-refractivity contribution in [2.45, 2.75) is 26.1 Å². The lowest BCUT2D eigenvalue weighted by molar-refractivity contribution is -0.113. The first-order chi connectivity index (χ1) is 11.2. The zero-order valence-electron chi connectivity index (χ0n) is 14.2. The first-order valence-electron chi connectivity index (χ1n) is 7.91. The number of nitrogens with one attached hydrogen (secondary N) is 2. The number of amides is 1. The number of thioether (sulfide) groups is 1. The van der Waals surface area contributed by atoms with Crippen molar-refractivity contribution < 1.29 is 4.79 Å². The zero-order valence-corrected chi connectivity index (χ0v) is 15.8.